The third kappa shape index (κ3) is 3.01. The summed E-state index contributed by atoms with van der Waals surface area (Å²) in [4.78, 5) is 10.7. The molecule has 0 spiro atoms. The zero-order valence-corrected chi connectivity index (χ0v) is 11.9. The second kappa shape index (κ2) is 5.40. The Morgan fingerprint density at radius 2 is 2.00 bits per heavy atom. The van der Waals surface area contributed by atoms with Gasteiger partial charge in [-0.3, -0.25) is 4.79 Å². The van der Waals surface area contributed by atoms with Gasteiger partial charge in [-0.25, -0.2) is 0 Å². The molecule has 0 aliphatic carbocycles. The number of aromatic nitrogens is 4. The van der Waals surface area contributed by atoms with E-state index in [2.05, 4.69) is 15.5 Å². The largest absolute Gasteiger partial charge is 0.481 e. The van der Waals surface area contributed by atoms with Crippen LogP contribution in [0.4, 0.5) is 0 Å². The van der Waals surface area contributed by atoms with E-state index in [1.807, 2.05) is 45.0 Å². The summed E-state index contributed by atoms with van der Waals surface area (Å²) in [7, 11) is 0. The van der Waals surface area contributed by atoms with E-state index in [-0.39, 0.29) is 11.8 Å². The van der Waals surface area contributed by atoms with Gasteiger partial charge in [-0.15, -0.1) is 5.10 Å². The molecule has 1 heterocycles. The Labute approximate surface area is 117 Å². The first kappa shape index (κ1) is 14.2. The van der Waals surface area contributed by atoms with Crippen molar-refractivity contribution in [1.29, 1.82) is 0 Å². The average molecular weight is 274 g/mol. The number of rotatable bonds is 4. The van der Waals surface area contributed by atoms with Crippen molar-refractivity contribution in [3.8, 4) is 5.69 Å². The first-order valence-corrected chi connectivity index (χ1v) is 6.48. The molecule has 0 radical (unpaired) electrons. The molecule has 0 aliphatic rings. The van der Waals surface area contributed by atoms with Gasteiger partial charge in [-0.05, 0) is 28.5 Å². The smallest absolute Gasteiger partial charge is 0.303 e. The van der Waals surface area contributed by atoms with E-state index in [0.717, 1.165) is 17.1 Å². The molecule has 106 valence electrons. The molecule has 0 aliphatic heterocycles. The number of hydrogen-bond acceptors (Lipinski definition) is 4. The first-order valence-electron chi connectivity index (χ1n) is 6.48. The fourth-order valence-corrected chi connectivity index (χ4v) is 1.99. The maximum Gasteiger partial charge on any atom is 0.303 e. The topological polar surface area (TPSA) is 80.9 Å². The molecule has 0 saturated carbocycles. The molecule has 0 bridgehead atoms. The zero-order valence-electron chi connectivity index (χ0n) is 11.9. The molecule has 0 fully saturated rings. The van der Waals surface area contributed by atoms with Crippen LogP contribution in [-0.4, -0.2) is 31.3 Å². The Hall–Kier alpha value is -2.24. The molecule has 2 rings (SSSR count). The van der Waals surface area contributed by atoms with Gasteiger partial charge < -0.3 is 5.11 Å². The van der Waals surface area contributed by atoms with Gasteiger partial charge in [0.25, 0.3) is 0 Å². The third-order valence-electron chi connectivity index (χ3n) is 2.97. The van der Waals surface area contributed by atoms with Crippen LogP contribution in [0.1, 0.15) is 38.6 Å². The molecule has 1 aromatic heterocycles. The fourth-order valence-electron chi connectivity index (χ4n) is 1.99. The highest BCUT2D eigenvalue weighted by Gasteiger charge is 2.23. The molecule has 0 atom stereocenters. The van der Waals surface area contributed by atoms with E-state index in [9.17, 15) is 4.79 Å². The molecule has 0 amide bonds. The summed E-state index contributed by atoms with van der Waals surface area (Å²) in [6.45, 7) is 6.11. The monoisotopic (exact) mass is 274 g/mol. The quantitative estimate of drug-likeness (QED) is 0.922. The molecular weight excluding hydrogens is 256 g/mol. The standard InChI is InChI=1S/C14H18N4O2/c1-14(2,3)13-15-16-17-18(13)11-7-5-4-6-10(11)8-9-12(19)20/h4-7H,8-9H2,1-3H3,(H,19,20). The Kier molecular flexibility index (Phi) is 3.83. The number of aryl methyl sites for hydroxylation is 1. The lowest BCUT2D eigenvalue weighted by Gasteiger charge is -2.18. The third-order valence-corrected chi connectivity index (χ3v) is 2.97. The Balaban J connectivity index is 2.43. The highest BCUT2D eigenvalue weighted by molar-refractivity contribution is 5.67. The number of aliphatic carboxylic acids is 1. The van der Waals surface area contributed by atoms with E-state index >= 15 is 0 Å². The lowest BCUT2D eigenvalue weighted by molar-refractivity contribution is -0.136. The normalized spacial score (nSPS) is 11.6. The predicted octanol–water partition coefficient (Wildman–Crippen LogP) is 1.98. The molecule has 20 heavy (non-hydrogen) atoms. The van der Waals surface area contributed by atoms with Gasteiger partial charge in [0.1, 0.15) is 0 Å². The van der Waals surface area contributed by atoms with Gasteiger partial charge in [0.15, 0.2) is 5.82 Å². The van der Waals surface area contributed by atoms with Crippen molar-refractivity contribution >= 4 is 5.97 Å². The zero-order chi connectivity index (χ0) is 14.8. The van der Waals surface area contributed by atoms with Crippen LogP contribution < -0.4 is 0 Å². The van der Waals surface area contributed by atoms with Crippen molar-refractivity contribution in [1.82, 2.24) is 20.2 Å². The maximum atomic E-state index is 10.7. The lowest BCUT2D eigenvalue weighted by atomic mass is 9.95. The van der Waals surface area contributed by atoms with Gasteiger partial charge in [0, 0.05) is 11.8 Å². The number of tetrazole rings is 1. The number of carbonyl (C=O) groups is 1. The molecule has 0 unspecified atom stereocenters. The highest BCUT2D eigenvalue weighted by Crippen LogP contribution is 2.23. The molecule has 1 N–H and O–H groups in total. The van der Waals surface area contributed by atoms with Gasteiger partial charge in [0.2, 0.25) is 0 Å². The predicted molar refractivity (Wildman–Crippen MR) is 73.8 cm³/mol. The minimum absolute atomic E-state index is 0.0873. The molecule has 6 nitrogen and oxygen atoms in total. The first-order chi connectivity index (χ1) is 9.39. The minimum atomic E-state index is -0.812. The molecular formula is C14H18N4O2. The lowest BCUT2D eigenvalue weighted by Crippen LogP contribution is -2.19. The Morgan fingerprint density at radius 3 is 2.65 bits per heavy atom. The van der Waals surface area contributed by atoms with Gasteiger partial charge in [0.05, 0.1) is 5.69 Å². The van der Waals surface area contributed by atoms with E-state index in [1.54, 1.807) is 4.68 Å². The summed E-state index contributed by atoms with van der Waals surface area (Å²) in [6, 6.07) is 7.60. The number of carboxylic acid groups (broad SMARTS) is 1. The van der Waals surface area contributed by atoms with E-state index < -0.39 is 5.97 Å². The van der Waals surface area contributed by atoms with Crippen LogP contribution in [0, 0.1) is 0 Å². The summed E-state index contributed by atoms with van der Waals surface area (Å²) in [5.41, 5.74) is 1.57. The molecule has 0 saturated heterocycles. The highest BCUT2D eigenvalue weighted by atomic mass is 16.4. The number of benzene rings is 1. The van der Waals surface area contributed by atoms with Gasteiger partial charge >= 0.3 is 5.97 Å². The van der Waals surface area contributed by atoms with Crippen molar-refractivity contribution in [2.24, 2.45) is 0 Å². The number of carboxylic acids is 1. The van der Waals surface area contributed by atoms with Crippen LogP contribution in [0.3, 0.4) is 0 Å². The van der Waals surface area contributed by atoms with E-state index in [4.69, 9.17) is 5.11 Å². The molecule has 2 aromatic rings. The second-order valence-electron chi connectivity index (χ2n) is 5.69. The second-order valence-corrected chi connectivity index (χ2v) is 5.69. The van der Waals surface area contributed by atoms with Crippen molar-refractivity contribution in [2.45, 2.75) is 39.0 Å². The van der Waals surface area contributed by atoms with Crippen LogP contribution in [0.25, 0.3) is 5.69 Å². The van der Waals surface area contributed by atoms with Crippen LogP contribution in [-0.2, 0) is 16.6 Å². The van der Waals surface area contributed by atoms with Crippen molar-refractivity contribution in [3.05, 3.63) is 35.7 Å². The van der Waals surface area contributed by atoms with Gasteiger partial charge in [-0.1, -0.05) is 39.0 Å². The SMILES string of the molecule is CC(C)(C)c1nnnn1-c1ccccc1CCC(=O)O. The number of nitrogens with zero attached hydrogens (tertiary/aromatic N) is 4. The maximum absolute atomic E-state index is 10.7. The van der Waals surface area contributed by atoms with Crippen LogP contribution >= 0.6 is 0 Å². The molecule has 6 heteroatoms. The van der Waals surface area contributed by atoms with Crippen LogP contribution in [0.15, 0.2) is 24.3 Å². The Bertz CT molecular complexity index is 614. The number of para-hydroxylation sites is 1. The average Bonchev–Trinajstić information content (AvgIpc) is 2.85. The molecule has 1 aromatic carbocycles. The Morgan fingerprint density at radius 1 is 1.30 bits per heavy atom. The minimum Gasteiger partial charge on any atom is -0.481 e. The van der Waals surface area contributed by atoms with Gasteiger partial charge in [-0.2, -0.15) is 4.68 Å². The van der Waals surface area contributed by atoms with Crippen LogP contribution in [0.5, 0.6) is 0 Å². The number of hydrogen-bond donors (Lipinski definition) is 1. The van der Waals surface area contributed by atoms with Crippen molar-refractivity contribution in [2.75, 3.05) is 0 Å². The summed E-state index contributed by atoms with van der Waals surface area (Å²) < 4.78 is 1.69. The van der Waals surface area contributed by atoms with E-state index in [0.29, 0.717) is 6.42 Å². The van der Waals surface area contributed by atoms with E-state index in [1.165, 1.54) is 0 Å². The summed E-state index contributed by atoms with van der Waals surface area (Å²) in [6.07, 6.45) is 0.541. The summed E-state index contributed by atoms with van der Waals surface area (Å²) in [5.74, 6) is -0.0622. The fraction of sp³-hybridized carbons (Fsp3) is 0.429. The summed E-state index contributed by atoms with van der Waals surface area (Å²) >= 11 is 0. The summed E-state index contributed by atoms with van der Waals surface area (Å²) in [5, 5.41) is 20.7. The van der Waals surface area contributed by atoms with Crippen molar-refractivity contribution < 1.29 is 9.90 Å². The van der Waals surface area contributed by atoms with Crippen LogP contribution in [0.2, 0.25) is 0 Å². The van der Waals surface area contributed by atoms with Crippen molar-refractivity contribution in [3.63, 3.8) is 0 Å².